The zero-order valence-corrected chi connectivity index (χ0v) is 10.9. The van der Waals surface area contributed by atoms with Gasteiger partial charge < -0.3 is 5.73 Å². The second-order valence-corrected chi connectivity index (χ2v) is 5.34. The van der Waals surface area contributed by atoms with Crippen LogP contribution < -0.4 is 5.73 Å². The fraction of sp³-hybridized carbons (Fsp3) is 0.294. The first-order valence-electron chi connectivity index (χ1n) is 6.82. The predicted octanol–water partition coefficient (Wildman–Crippen LogP) is 3.43. The largest absolute Gasteiger partial charge is 0.327 e. The minimum Gasteiger partial charge on any atom is -0.327 e. The molecular formula is C17H18FN. The smallest absolute Gasteiger partial charge is 0.123 e. The molecule has 2 aromatic carbocycles. The number of hydrogen-bond donors (Lipinski definition) is 1. The Kier molecular flexibility index (Phi) is 3.34. The number of halogens is 1. The standard InChI is InChI=1S/C17H18FN/c18-14-7-8-15-13(11-14)6-9-17(19)16(15)10-12-4-2-1-3-5-12/h1-5,7-8,11,16-17H,6,9-10,19H2/t16-,17+/m0/s1. The number of benzene rings is 2. The van der Waals surface area contributed by atoms with E-state index in [-0.39, 0.29) is 11.9 Å². The Labute approximate surface area is 113 Å². The molecule has 0 unspecified atom stereocenters. The Morgan fingerprint density at radius 1 is 1.11 bits per heavy atom. The van der Waals surface area contributed by atoms with E-state index in [0.717, 1.165) is 24.8 Å². The highest BCUT2D eigenvalue weighted by Crippen LogP contribution is 2.33. The molecule has 0 spiro atoms. The molecule has 2 atom stereocenters. The molecule has 0 saturated heterocycles. The summed E-state index contributed by atoms with van der Waals surface area (Å²) in [7, 11) is 0. The number of hydrogen-bond acceptors (Lipinski definition) is 1. The highest BCUT2D eigenvalue weighted by atomic mass is 19.1. The molecule has 2 aromatic rings. The molecule has 1 aliphatic carbocycles. The average Bonchev–Trinajstić information content (AvgIpc) is 2.43. The molecule has 0 bridgehead atoms. The average molecular weight is 255 g/mol. The molecule has 3 rings (SSSR count). The van der Waals surface area contributed by atoms with Gasteiger partial charge in [0.25, 0.3) is 0 Å². The Hall–Kier alpha value is -1.67. The van der Waals surface area contributed by atoms with E-state index in [1.165, 1.54) is 11.1 Å². The first-order valence-corrected chi connectivity index (χ1v) is 6.82. The van der Waals surface area contributed by atoms with Crippen LogP contribution in [0.3, 0.4) is 0 Å². The van der Waals surface area contributed by atoms with Crippen molar-refractivity contribution in [2.45, 2.75) is 31.2 Å². The summed E-state index contributed by atoms with van der Waals surface area (Å²) in [5.41, 5.74) is 9.93. The van der Waals surface area contributed by atoms with Crippen LogP contribution in [-0.4, -0.2) is 6.04 Å². The fourth-order valence-electron chi connectivity index (χ4n) is 3.04. The van der Waals surface area contributed by atoms with Gasteiger partial charge in [0.15, 0.2) is 0 Å². The van der Waals surface area contributed by atoms with Crippen LogP contribution in [0.5, 0.6) is 0 Å². The third kappa shape index (κ3) is 2.54. The maximum Gasteiger partial charge on any atom is 0.123 e. The SMILES string of the molecule is N[C@@H]1CCc2cc(F)ccc2[C@@H]1Cc1ccccc1. The monoisotopic (exact) mass is 255 g/mol. The lowest BCUT2D eigenvalue weighted by Gasteiger charge is -2.31. The summed E-state index contributed by atoms with van der Waals surface area (Å²) in [6.45, 7) is 0. The molecule has 0 fully saturated rings. The summed E-state index contributed by atoms with van der Waals surface area (Å²) >= 11 is 0. The van der Waals surface area contributed by atoms with Crippen LogP contribution >= 0.6 is 0 Å². The van der Waals surface area contributed by atoms with Gasteiger partial charge >= 0.3 is 0 Å². The van der Waals surface area contributed by atoms with E-state index in [1.54, 1.807) is 12.1 Å². The van der Waals surface area contributed by atoms with E-state index in [9.17, 15) is 4.39 Å². The Balaban J connectivity index is 1.93. The minimum absolute atomic E-state index is 0.146. The first kappa shape index (κ1) is 12.4. The maximum absolute atomic E-state index is 13.3. The van der Waals surface area contributed by atoms with Gasteiger partial charge in [0.05, 0.1) is 0 Å². The lowest BCUT2D eigenvalue weighted by Crippen LogP contribution is -2.34. The van der Waals surface area contributed by atoms with Crippen molar-refractivity contribution >= 4 is 0 Å². The zero-order chi connectivity index (χ0) is 13.2. The van der Waals surface area contributed by atoms with Crippen molar-refractivity contribution < 1.29 is 4.39 Å². The van der Waals surface area contributed by atoms with Crippen LogP contribution in [0.25, 0.3) is 0 Å². The van der Waals surface area contributed by atoms with Gasteiger partial charge in [-0.15, -0.1) is 0 Å². The van der Waals surface area contributed by atoms with Crippen LogP contribution in [0.4, 0.5) is 4.39 Å². The molecule has 0 saturated carbocycles. The van der Waals surface area contributed by atoms with E-state index >= 15 is 0 Å². The van der Waals surface area contributed by atoms with Gasteiger partial charge in [0, 0.05) is 12.0 Å². The lowest BCUT2D eigenvalue weighted by molar-refractivity contribution is 0.465. The number of nitrogens with two attached hydrogens (primary N) is 1. The first-order chi connectivity index (χ1) is 9.24. The highest BCUT2D eigenvalue weighted by Gasteiger charge is 2.27. The van der Waals surface area contributed by atoms with Crippen LogP contribution in [0.15, 0.2) is 48.5 Å². The molecule has 2 heteroatoms. The Bertz CT molecular complexity index is 565. The van der Waals surface area contributed by atoms with Crippen molar-refractivity contribution in [3.05, 3.63) is 71.0 Å². The fourth-order valence-corrected chi connectivity index (χ4v) is 3.04. The van der Waals surface area contributed by atoms with Gasteiger partial charge in [0.1, 0.15) is 5.82 Å². The molecule has 1 aliphatic rings. The summed E-state index contributed by atoms with van der Waals surface area (Å²) in [6.07, 6.45) is 2.76. The summed E-state index contributed by atoms with van der Waals surface area (Å²) < 4.78 is 13.3. The van der Waals surface area contributed by atoms with Gasteiger partial charge in [-0.25, -0.2) is 4.39 Å². The molecule has 19 heavy (non-hydrogen) atoms. The predicted molar refractivity (Wildman–Crippen MR) is 75.6 cm³/mol. The van der Waals surface area contributed by atoms with Gasteiger partial charge in [-0.1, -0.05) is 36.4 Å². The van der Waals surface area contributed by atoms with Gasteiger partial charge in [0.2, 0.25) is 0 Å². The summed E-state index contributed by atoms with van der Waals surface area (Å²) in [4.78, 5) is 0. The van der Waals surface area contributed by atoms with Crippen molar-refractivity contribution in [3.8, 4) is 0 Å². The maximum atomic E-state index is 13.3. The van der Waals surface area contributed by atoms with Gasteiger partial charge in [-0.3, -0.25) is 0 Å². The highest BCUT2D eigenvalue weighted by molar-refractivity contribution is 5.36. The second kappa shape index (κ2) is 5.14. The second-order valence-electron chi connectivity index (χ2n) is 5.34. The Morgan fingerprint density at radius 3 is 2.68 bits per heavy atom. The molecular weight excluding hydrogens is 237 g/mol. The van der Waals surface area contributed by atoms with Crippen molar-refractivity contribution in [3.63, 3.8) is 0 Å². The third-order valence-electron chi connectivity index (χ3n) is 4.07. The molecule has 98 valence electrons. The summed E-state index contributed by atoms with van der Waals surface area (Å²) in [5, 5.41) is 0. The normalized spacial score (nSPS) is 22.0. The minimum atomic E-state index is -0.146. The molecule has 2 N–H and O–H groups in total. The number of fused-ring (bicyclic) bond motifs is 1. The molecule has 1 nitrogen and oxygen atoms in total. The van der Waals surface area contributed by atoms with Crippen LogP contribution in [0.1, 0.15) is 29.0 Å². The van der Waals surface area contributed by atoms with Gasteiger partial charge in [-0.05, 0) is 48.1 Å². The number of rotatable bonds is 2. The van der Waals surface area contributed by atoms with Crippen LogP contribution in [0, 0.1) is 5.82 Å². The van der Waals surface area contributed by atoms with E-state index in [4.69, 9.17) is 5.73 Å². The van der Waals surface area contributed by atoms with E-state index in [2.05, 4.69) is 24.3 Å². The van der Waals surface area contributed by atoms with Crippen molar-refractivity contribution in [1.29, 1.82) is 0 Å². The molecule has 0 aliphatic heterocycles. The molecule has 0 heterocycles. The van der Waals surface area contributed by atoms with E-state index in [1.807, 2.05) is 12.1 Å². The lowest BCUT2D eigenvalue weighted by atomic mass is 9.76. The van der Waals surface area contributed by atoms with Crippen molar-refractivity contribution in [2.75, 3.05) is 0 Å². The van der Waals surface area contributed by atoms with Crippen LogP contribution in [-0.2, 0) is 12.8 Å². The quantitative estimate of drug-likeness (QED) is 0.874. The molecule has 0 radical (unpaired) electrons. The topological polar surface area (TPSA) is 26.0 Å². The number of aryl methyl sites for hydroxylation is 1. The van der Waals surface area contributed by atoms with Gasteiger partial charge in [-0.2, -0.15) is 0 Å². The van der Waals surface area contributed by atoms with Crippen LogP contribution in [0.2, 0.25) is 0 Å². The summed E-state index contributed by atoms with van der Waals surface area (Å²) in [5.74, 6) is 0.152. The molecule has 0 aromatic heterocycles. The van der Waals surface area contributed by atoms with E-state index in [0.29, 0.717) is 5.92 Å². The third-order valence-corrected chi connectivity index (χ3v) is 4.07. The van der Waals surface area contributed by atoms with E-state index < -0.39 is 0 Å². The van der Waals surface area contributed by atoms with Crippen molar-refractivity contribution in [1.82, 2.24) is 0 Å². The molecule has 0 amide bonds. The summed E-state index contributed by atoms with van der Waals surface area (Å²) in [6, 6.07) is 15.7. The Morgan fingerprint density at radius 2 is 1.89 bits per heavy atom. The van der Waals surface area contributed by atoms with Crippen molar-refractivity contribution in [2.24, 2.45) is 5.73 Å². The zero-order valence-electron chi connectivity index (χ0n) is 10.9.